The highest BCUT2D eigenvalue weighted by Gasteiger charge is 2.39. The van der Waals surface area contributed by atoms with Crippen molar-refractivity contribution in [2.75, 3.05) is 5.32 Å². The summed E-state index contributed by atoms with van der Waals surface area (Å²) < 4.78 is 0. The highest BCUT2D eigenvalue weighted by atomic mass is 16.2. The number of amides is 1. The fraction of sp³-hybridized carbons (Fsp3) is 0.200. The molecule has 0 saturated heterocycles. The topological polar surface area (TPSA) is 79.8 Å². The van der Waals surface area contributed by atoms with Gasteiger partial charge in [0.05, 0.1) is 0 Å². The minimum Gasteiger partial charge on any atom is -0.347 e. The van der Waals surface area contributed by atoms with Gasteiger partial charge in [-0.1, -0.05) is 48.6 Å². The molecule has 31 heavy (non-hydrogen) atoms. The Morgan fingerprint density at radius 1 is 1.03 bits per heavy atom. The van der Waals surface area contributed by atoms with Gasteiger partial charge < -0.3 is 10.6 Å². The first kappa shape index (κ1) is 19.2. The molecule has 0 aliphatic heterocycles. The molecule has 2 atom stereocenters. The summed E-state index contributed by atoms with van der Waals surface area (Å²) in [6.45, 7) is 0. The van der Waals surface area contributed by atoms with E-state index < -0.39 is 0 Å². The first-order valence-corrected chi connectivity index (χ1v) is 10.5. The molecule has 1 fully saturated rings. The molecular formula is C25H23N5O. The van der Waals surface area contributed by atoms with Crippen LogP contribution in [0.1, 0.15) is 46.8 Å². The lowest BCUT2D eigenvalue weighted by molar-refractivity contribution is 0.0945. The van der Waals surface area contributed by atoms with Crippen LogP contribution in [0.25, 0.3) is 5.57 Å². The molecule has 2 aliphatic carbocycles. The van der Waals surface area contributed by atoms with Crippen LogP contribution in [0, 0.1) is 0 Å². The Balaban J connectivity index is 1.22. The Kier molecular flexibility index (Phi) is 5.27. The van der Waals surface area contributed by atoms with E-state index in [9.17, 15) is 4.79 Å². The fourth-order valence-electron chi connectivity index (χ4n) is 3.83. The molecular weight excluding hydrogens is 386 g/mol. The van der Waals surface area contributed by atoms with Gasteiger partial charge in [-0.05, 0) is 42.5 Å². The fourth-order valence-corrected chi connectivity index (χ4v) is 3.83. The van der Waals surface area contributed by atoms with Gasteiger partial charge in [-0.15, -0.1) is 0 Å². The number of allylic oxidation sites excluding steroid dienone is 4. The van der Waals surface area contributed by atoms with Crippen molar-refractivity contribution in [2.24, 2.45) is 0 Å². The average molecular weight is 409 g/mol. The molecule has 1 saturated carbocycles. The van der Waals surface area contributed by atoms with E-state index in [1.54, 1.807) is 18.3 Å². The monoisotopic (exact) mass is 409 g/mol. The zero-order valence-corrected chi connectivity index (χ0v) is 17.0. The second-order valence-electron chi connectivity index (χ2n) is 7.84. The number of carbonyl (C=O) groups is 1. The van der Waals surface area contributed by atoms with Gasteiger partial charge in [-0.2, -0.15) is 0 Å². The molecule has 0 bridgehead atoms. The zero-order chi connectivity index (χ0) is 21.0. The first-order valence-electron chi connectivity index (χ1n) is 10.5. The van der Waals surface area contributed by atoms with Crippen LogP contribution in [0.4, 0.5) is 11.6 Å². The molecule has 0 radical (unpaired) electrons. The Bertz CT molecular complexity index is 1140. The highest BCUT2D eigenvalue weighted by Crippen LogP contribution is 2.40. The number of benzene rings is 1. The van der Waals surface area contributed by atoms with E-state index >= 15 is 0 Å². The van der Waals surface area contributed by atoms with Gasteiger partial charge in [0.1, 0.15) is 5.69 Å². The molecule has 1 aromatic carbocycles. The molecule has 2 aliphatic rings. The SMILES string of the molecule is O=C(NC1CC1c1ccccc1)c1cc(Nc2ncc(C3=CC=CCC3)cn2)ccn1. The number of carbonyl (C=O) groups excluding carboxylic acids is 1. The summed E-state index contributed by atoms with van der Waals surface area (Å²) in [5, 5.41) is 6.24. The molecule has 2 unspecified atom stereocenters. The third-order valence-electron chi connectivity index (χ3n) is 5.62. The number of nitrogens with one attached hydrogen (secondary N) is 2. The van der Waals surface area contributed by atoms with Crippen LogP contribution in [-0.2, 0) is 0 Å². The van der Waals surface area contributed by atoms with Crippen LogP contribution >= 0.6 is 0 Å². The zero-order valence-electron chi connectivity index (χ0n) is 17.0. The normalized spacial score (nSPS) is 19.4. The number of hydrogen-bond acceptors (Lipinski definition) is 5. The number of anilines is 2. The number of hydrogen-bond donors (Lipinski definition) is 2. The Labute approximate surface area is 181 Å². The first-order chi connectivity index (χ1) is 15.3. The number of nitrogens with zero attached hydrogens (tertiary/aromatic N) is 3. The van der Waals surface area contributed by atoms with Gasteiger partial charge in [0.25, 0.3) is 5.91 Å². The van der Waals surface area contributed by atoms with Crippen molar-refractivity contribution in [3.8, 4) is 0 Å². The molecule has 6 nitrogen and oxygen atoms in total. The summed E-state index contributed by atoms with van der Waals surface area (Å²) in [7, 11) is 0. The maximum atomic E-state index is 12.7. The second-order valence-corrected chi connectivity index (χ2v) is 7.84. The third kappa shape index (κ3) is 4.53. The summed E-state index contributed by atoms with van der Waals surface area (Å²) in [5.74, 6) is 0.702. The van der Waals surface area contributed by atoms with Gasteiger partial charge in [0.2, 0.25) is 5.95 Å². The number of pyridine rings is 1. The third-order valence-corrected chi connectivity index (χ3v) is 5.62. The maximum absolute atomic E-state index is 12.7. The minimum atomic E-state index is -0.166. The molecule has 2 aromatic heterocycles. The Hall–Kier alpha value is -3.80. The van der Waals surface area contributed by atoms with Crippen LogP contribution in [-0.4, -0.2) is 26.9 Å². The molecule has 3 aromatic rings. The van der Waals surface area contributed by atoms with Crippen LogP contribution < -0.4 is 10.6 Å². The molecule has 1 amide bonds. The molecule has 154 valence electrons. The number of aromatic nitrogens is 3. The Morgan fingerprint density at radius 2 is 1.87 bits per heavy atom. The lowest BCUT2D eigenvalue weighted by Gasteiger charge is -2.10. The molecule has 0 spiro atoms. The quantitative estimate of drug-likeness (QED) is 0.620. The second kappa shape index (κ2) is 8.52. The Morgan fingerprint density at radius 3 is 2.65 bits per heavy atom. The van der Waals surface area contributed by atoms with Crippen LogP contribution in [0.15, 0.2) is 79.3 Å². The van der Waals surface area contributed by atoms with E-state index in [-0.39, 0.29) is 11.9 Å². The van der Waals surface area contributed by atoms with E-state index in [1.165, 1.54) is 11.1 Å². The maximum Gasteiger partial charge on any atom is 0.270 e. The van der Waals surface area contributed by atoms with E-state index in [0.29, 0.717) is 17.6 Å². The van der Waals surface area contributed by atoms with E-state index in [4.69, 9.17) is 0 Å². The van der Waals surface area contributed by atoms with Crippen LogP contribution in [0.2, 0.25) is 0 Å². The summed E-state index contributed by atoms with van der Waals surface area (Å²) in [6.07, 6.45) is 14.6. The van der Waals surface area contributed by atoms with E-state index in [1.807, 2.05) is 30.6 Å². The predicted molar refractivity (Wildman–Crippen MR) is 121 cm³/mol. The van der Waals surface area contributed by atoms with Crippen molar-refractivity contribution in [1.82, 2.24) is 20.3 Å². The van der Waals surface area contributed by atoms with Gasteiger partial charge in [-0.3, -0.25) is 9.78 Å². The van der Waals surface area contributed by atoms with Crippen LogP contribution in [0.3, 0.4) is 0 Å². The molecule has 2 heterocycles. The van der Waals surface area contributed by atoms with Gasteiger partial charge in [0.15, 0.2) is 0 Å². The van der Waals surface area contributed by atoms with Crippen molar-refractivity contribution in [3.63, 3.8) is 0 Å². The van der Waals surface area contributed by atoms with Crippen molar-refractivity contribution in [2.45, 2.75) is 31.2 Å². The van der Waals surface area contributed by atoms with Crippen molar-refractivity contribution in [1.29, 1.82) is 0 Å². The summed E-state index contributed by atoms with van der Waals surface area (Å²) in [4.78, 5) is 25.7. The summed E-state index contributed by atoms with van der Waals surface area (Å²) >= 11 is 0. The van der Waals surface area contributed by atoms with Gasteiger partial charge in [0, 0.05) is 41.8 Å². The number of rotatable bonds is 6. The molecule has 2 N–H and O–H groups in total. The van der Waals surface area contributed by atoms with Crippen LogP contribution in [0.5, 0.6) is 0 Å². The lowest BCUT2D eigenvalue weighted by atomic mass is 10.0. The van der Waals surface area contributed by atoms with Crippen molar-refractivity contribution < 1.29 is 4.79 Å². The van der Waals surface area contributed by atoms with Crippen molar-refractivity contribution in [3.05, 3.63) is 96.1 Å². The van der Waals surface area contributed by atoms with Gasteiger partial charge >= 0.3 is 0 Å². The predicted octanol–water partition coefficient (Wildman–Crippen LogP) is 4.63. The summed E-state index contributed by atoms with van der Waals surface area (Å²) in [5.41, 5.74) is 4.63. The molecule has 6 heteroatoms. The average Bonchev–Trinajstić information content (AvgIpc) is 3.60. The largest absolute Gasteiger partial charge is 0.347 e. The van der Waals surface area contributed by atoms with Gasteiger partial charge in [-0.25, -0.2) is 9.97 Å². The smallest absolute Gasteiger partial charge is 0.270 e. The standard InChI is InChI=1S/C25H23N5O/c31-24(30-22-14-21(22)18-9-5-2-6-10-18)23-13-20(11-12-26-23)29-25-27-15-19(16-28-25)17-7-3-1-4-8-17/h1-3,5-7,9-13,15-16,21-22H,4,8,14H2,(H,30,31)(H,26,27,28,29). The highest BCUT2D eigenvalue weighted by molar-refractivity contribution is 5.93. The molecule has 5 rings (SSSR count). The minimum absolute atomic E-state index is 0.160. The summed E-state index contributed by atoms with van der Waals surface area (Å²) in [6, 6.07) is 13.9. The van der Waals surface area contributed by atoms with E-state index in [2.05, 4.69) is 55.9 Å². The van der Waals surface area contributed by atoms with E-state index in [0.717, 1.165) is 30.5 Å². The van der Waals surface area contributed by atoms with Crippen molar-refractivity contribution >= 4 is 23.1 Å². The lowest BCUT2D eigenvalue weighted by Crippen LogP contribution is -2.27.